The first-order chi connectivity index (χ1) is 18.0. The zero-order valence-electron chi connectivity index (χ0n) is 22.1. The molecule has 2 aromatic rings. The van der Waals surface area contributed by atoms with Crippen LogP contribution in [-0.4, -0.2) is 58.6 Å². The minimum Gasteiger partial charge on any atom is -0.489 e. The lowest BCUT2D eigenvalue weighted by Crippen LogP contribution is -2.57. The van der Waals surface area contributed by atoms with E-state index in [1.54, 1.807) is 38.1 Å². The van der Waals surface area contributed by atoms with E-state index in [1.807, 2.05) is 44.2 Å². The summed E-state index contributed by atoms with van der Waals surface area (Å²) in [7, 11) is 0. The predicted octanol–water partition coefficient (Wildman–Crippen LogP) is 2.11. The summed E-state index contributed by atoms with van der Waals surface area (Å²) in [4.78, 5) is 50.1. The Morgan fingerprint density at radius 2 is 1.50 bits per heavy atom. The SMILES string of the molecule is CC(C)C[C@H](NC(=O)[C@@H](NC(=O)c1cccc(OCc2ccccc2)c1)C(C)C)C(=O)N[C@@H](CO)C(=O)O. The zero-order valence-corrected chi connectivity index (χ0v) is 22.1. The number of aliphatic hydroxyl groups is 1. The number of nitrogens with one attached hydrogen (secondary N) is 3. The highest BCUT2D eigenvalue weighted by Gasteiger charge is 2.31. The van der Waals surface area contributed by atoms with E-state index in [4.69, 9.17) is 9.84 Å². The molecule has 2 rings (SSSR count). The van der Waals surface area contributed by atoms with Crippen LogP contribution in [0.2, 0.25) is 0 Å². The van der Waals surface area contributed by atoms with Gasteiger partial charge < -0.3 is 30.9 Å². The number of ether oxygens (including phenoxy) is 1. The largest absolute Gasteiger partial charge is 0.489 e. The van der Waals surface area contributed by atoms with Crippen LogP contribution in [0.4, 0.5) is 0 Å². The molecular formula is C28H37N3O7. The molecule has 38 heavy (non-hydrogen) atoms. The van der Waals surface area contributed by atoms with Crippen LogP contribution >= 0.6 is 0 Å². The number of amides is 3. The Bertz CT molecular complexity index is 1090. The third-order valence-corrected chi connectivity index (χ3v) is 5.72. The van der Waals surface area contributed by atoms with Crippen LogP contribution in [0.5, 0.6) is 5.75 Å². The number of carboxylic acid groups (broad SMARTS) is 1. The van der Waals surface area contributed by atoms with Gasteiger partial charge in [0, 0.05) is 5.56 Å². The Kier molecular flexibility index (Phi) is 11.7. The first-order valence-corrected chi connectivity index (χ1v) is 12.5. The highest BCUT2D eigenvalue weighted by molar-refractivity contribution is 5.99. The van der Waals surface area contributed by atoms with E-state index < -0.39 is 48.4 Å². The van der Waals surface area contributed by atoms with Crippen LogP contribution in [0.3, 0.4) is 0 Å². The monoisotopic (exact) mass is 527 g/mol. The number of aliphatic carboxylic acids is 1. The van der Waals surface area contributed by atoms with Crippen molar-refractivity contribution < 1.29 is 34.1 Å². The third kappa shape index (κ3) is 9.51. The van der Waals surface area contributed by atoms with Crippen LogP contribution in [0.1, 0.15) is 50.0 Å². The van der Waals surface area contributed by atoms with Gasteiger partial charge in [0.1, 0.15) is 30.5 Å². The Hall–Kier alpha value is -3.92. The Labute approximate surface area is 222 Å². The zero-order chi connectivity index (χ0) is 28.2. The van der Waals surface area contributed by atoms with Crippen LogP contribution in [-0.2, 0) is 21.0 Å². The Morgan fingerprint density at radius 1 is 0.842 bits per heavy atom. The lowest BCUT2D eigenvalue weighted by atomic mass is 9.99. The standard InChI is InChI=1S/C28H37N3O7/c1-17(2)13-22(26(34)30-23(15-32)28(36)37)29-27(35)24(18(3)4)31-25(33)20-11-8-12-21(14-20)38-16-19-9-6-5-7-10-19/h5-12,14,17-18,22-24,32H,13,15-16H2,1-4H3,(H,29,35)(H,30,34)(H,31,33)(H,36,37)/t22-,23-,24-/m0/s1. The summed E-state index contributed by atoms with van der Waals surface area (Å²) in [6, 6.07) is 12.7. The highest BCUT2D eigenvalue weighted by atomic mass is 16.5. The smallest absolute Gasteiger partial charge is 0.328 e. The Balaban J connectivity index is 2.10. The van der Waals surface area contributed by atoms with Gasteiger partial charge in [-0.3, -0.25) is 14.4 Å². The summed E-state index contributed by atoms with van der Waals surface area (Å²) in [5.41, 5.74) is 1.28. The van der Waals surface area contributed by atoms with Crippen molar-refractivity contribution in [2.45, 2.75) is 58.8 Å². The van der Waals surface area contributed by atoms with Crippen molar-refractivity contribution >= 4 is 23.7 Å². The first kappa shape index (κ1) is 30.3. The molecule has 0 spiro atoms. The van der Waals surface area contributed by atoms with Crippen molar-refractivity contribution in [1.29, 1.82) is 0 Å². The van der Waals surface area contributed by atoms with E-state index in [1.165, 1.54) is 0 Å². The van der Waals surface area contributed by atoms with Gasteiger partial charge in [-0.25, -0.2) is 4.79 Å². The molecule has 0 aliphatic heterocycles. The van der Waals surface area contributed by atoms with Crippen LogP contribution in [0, 0.1) is 11.8 Å². The van der Waals surface area contributed by atoms with Crippen molar-refractivity contribution in [3.8, 4) is 5.75 Å². The van der Waals surface area contributed by atoms with Gasteiger partial charge in [-0.2, -0.15) is 0 Å². The second-order valence-corrected chi connectivity index (χ2v) is 9.77. The maximum absolute atomic E-state index is 13.2. The van der Waals surface area contributed by atoms with Gasteiger partial charge in [-0.15, -0.1) is 0 Å². The normalized spacial score (nSPS) is 13.3. The number of benzene rings is 2. The van der Waals surface area contributed by atoms with Gasteiger partial charge in [0.2, 0.25) is 11.8 Å². The average molecular weight is 528 g/mol. The third-order valence-electron chi connectivity index (χ3n) is 5.72. The summed E-state index contributed by atoms with van der Waals surface area (Å²) in [6.45, 7) is 6.76. The molecule has 0 bridgehead atoms. The van der Waals surface area contributed by atoms with Gasteiger partial charge in [0.05, 0.1) is 6.61 Å². The van der Waals surface area contributed by atoms with Crippen LogP contribution < -0.4 is 20.7 Å². The lowest BCUT2D eigenvalue weighted by molar-refractivity contribution is -0.143. The van der Waals surface area contributed by atoms with Gasteiger partial charge in [-0.1, -0.05) is 64.1 Å². The van der Waals surface area contributed by atoms with Gasteiger partial charge in [0.15, 0.2) is 0 Å². The average Bonchev–Trinajstić information content (AvgIpc) is 2.88. The molecule has 5 N–H and O–H groups in total. The second kappa shape index (κ2) is 14.7. The van der Waals surface area contributed by atoms with Gasteiger partial charge >= 0.3 is 5.97 Å². The molecule has 3 atom stereocenters. The maximum atomic E-state index is 13.2. The molecule has 0 aromatic heterocycles. The number of aliphatic hydroxyl groups excluding tert-OH is 1. The summed E-state index contributed by atoms with van der Waals surface area (Å²) in [5, 5.41) is 26.0. The maximum Gasteiger partial charge on any atom is 0.328 e. The van der Waals surface area contributed by atoms with Gasteiger partial charge in [0.25, 0.3) is 5.91 Å². The van der Waals surface area contributed by atoms with Crippen LogP contribution in [0.15, 0.2) is 54.6 Å². The number of carboxylic acids is 1. The van der Waals surface area contributed by atoms with Crippen molar-refractivity contribution in [3.63, 3.8) is 0 Å². The van der Waals surface area contributed by atoms with Gasteiger partial charge in [-0.05, 0) is 42.0 Å². The molecule has 0 fully saturated rings. The van der Waals surface area contributed by atoms with E-state index in [-0.39, 0.29) is 18.3 Å². The molecule has 0 aliphatic carbocycles. The van der Waals surface area contributed by atoms with E-state index in [2.05, 4.69) is 16.0 Å². The number of carbonyl (C=O) groups is 4. The fourth-order valence-electron chi connectivity index (χ4n) is 3.65. The molecule has 3 amide bonds. The molecule has 0 saturated heterocycles. The first-order valence-electron chi connectivity index (χ1n) is 12.5. The quantitative estimate of drug-likeness (QED) is 0.252. The molecule has 0 unspecified atom stereocenters. The fraction of sp³-hybridized carbons (Fsp3) is 0.429. The fourth-order valence-corrected chi connectivity index (χ4v) is 3.65. The molecule has 0 saturated carbocycles. The molecule has 0 aliphatic rings. The number of hydrogen-bond acceptors (Lipinski definition) is 6. The molecule has 10 heteroatoms. The molecular weight excluding hydrogens is 490 g/mol. The molecule has 0 heterocycles. The van der Waals surface area contributed by atoms with Crippen molar-refractivity contribution in [3.05, 3.63) is 65.7 Å². The van der Waals surface area contributed by atoms with E-state index in [0.717, 1.165) is 5.56 Å². The number of rotatable bonds is 14. The van der Waals surface area contributed by atoms with E-state index in [9.17, 15) is 24.3 Å². The second-order valence-electron chi connectivity index (χ2n) is 9.77. The highest BCUT2D eigenvalue weighted by Crippen LogP contribution is 2.16. The topological polar surface area (TPSA) is 154 Å². The number of carbonyl (C=O) groups excluding carboxylic acids is 3. The summed E-state index contributed by atoms with van der Waals surface area (Å²) in [5.74, 6) is -3.01. The predicted molar refractivity (Wildman–Crippen MR) is 141 cm³/mol. The summed E-state index contributed by atoms with van der Waals surface area (Å²) in [6.07, 6.45) is 0.231. The Morgan fingerprint density at radius 3 is 2.08 bits per heavy atom. The molecule has 10 nitrogen and oxygen atoms in total. The van der Waals surface area contributed by atoms with Crippen molar-refractivity contribution in [2.24, 2.45) is 11.8 Å². The summed E-state index contributed by atoms with van der Waals surface area (Å²) < 4.78 is 5.79. The minimum absolute atomic E-state index is 0.00540. The van der Waals surface area contributed by atoms with Crippen molar-refractivity contribution in [2.75, 3.05) is 6.61 Å². The lowest BCUT2D eigenvalue weighted by Gasteiger charge is -2.26. The molecule has 206 valence electrons. The molecule has 0 radical (unpaired) electrons. The van der Waals surface area contributed by atoms with E-state index in [0.29, 0.717) is 17.9 Å². The van der Waals surface area contributed by atoms with E-state index >= 15 is 0 Å². The van der Waals surface area contributed by atoms with Crippen molar-refractivity contribution in [1.82, 2.24) is 16.0 Å². The minimum atomic E-state index is -1.49. The summed E-state index contributed by atoms with van der Waals surface area (Å²) >= 11 is 0. The molecule has 2 aromatic carbocycles. The van der Waals surface area contributed by atoms with Crippen LogP contribution in [0.25, 0.3) is 0 Å². The number of hydrogen-bond donors (Lipinski definition) is 5.